The third-order valence-electron chi connectivity index (χ3n) is 4.97. The summed E-state index contributed by atoms with van der Waals surface area (Å²) in [6.07, 6.45) is -0.0384. The van der Waals surface area contributed by atoms with Crippen LogP contribution in [0.25, 0.3) is 5.83 Å². The Morgan fingerprint density at radius 1 is 0.929 bits per heavy atom. The molecule has 1 aliphatic rings. The van der Waals surface area contributed by atoms with Gasteiger partial charge in [0.1, 0.15) is 0 Å². The lowest BCUT2D eigenvalue weighted by Crippen LogP contribution is -2.25. The van der Waals surface area contributed by atoms with E-state index in [4.69, 9.17) is 4.74 Å². The van der Waals surface area contributed by atoms with Crippen molar-refractivity contribution < 1.29 is 31.1 Å². The maximum absolute atomic E-state index is 13.3. The summed E-state index contributed by atoms with van der Waals surface area (Å²) in [6, 6.07) is 7.81. The van der Waals surface area contributed by atoms with Gasteiger partial charge < -0.3 is 4.74 Å². The molecule has 0 spiro atoms. The largest absolute Gasteiger partial charge is 0.378 e. The number of halogens is 6. The Balaban J connectivity index is 1.53. The van der Waals surface area contributed by atoms with E-state index in [1.165, 1.54) is 12.1 Å². The summed E-state index contributed by atoms with van der Waals surface area (Å²) < 4.78 is 83.1. The molecule has 2 atom stereocenters. The van der Waals surface area contributed by atoms with E-state index in [9.17, 15) is 26.3 Å². The quantitative estimate of drug-likeness (QED) is 0.409. The number of hydrogen-bond donors (Lipinski definition) is 0. The summed E-state index contributed by atoms with van der Waals surface area (Å²) in [7, 11) is 0. The van der Waals surface area contributed by atoms with Gasteiger partial charge in [0.2, 0.25) is 0 Å². The van der Waals surface area contributed by atoms with Crippen molar-refractivity contribution in [3.63, 3.8) is 0 Å². The zero-order valence-electron chi connectivity index (χ0n) is 14.8. The summed E-state index contributed by atoms with van der Waals surface area (Å²) in [5, 5.41) is 0. The molecule has 1 nitrogen and oxygen atoms in total. The van der Waals surface area contributed by atoms with Gasteiger partial charge in [-0.15, -0.1) is 0 Å². The normalized spacial score (nSPS) is 19.5. The molecule has 0 N–H and O–H groups in total. The maximum atomic E-state index is 13.3. The van der Waals surface area contributed by atoms with E-state index < -0.39 is 29.4 Å². The molecule has 1 saturated heterocycles. The van der Waals surface area contributed by atoms with E-state index in [-0.39, 0.29) is 17.6 Å². The lowest BCUT2D eigenvalue weighted by Gasteiger charge is -2.29. The zero-order chi connectivity index (χ0) is 20.3. The molecule has 0 amide bonds. The molecular formula is C21H18F6O. The predicted molar refractivity (Wildman–Crippen MR) is 93.0 cm³/mol. The number of aryl methyl sites for hydroxylation is 1. The molecule has 1 heterocycles. The van der Waals surface area contributed by atoms with Crippen molar-refractivity contribution in [2.24, 2.45) is 0 Å². The van der Waals surface area contributed by atoms with E-state index in [2.05, 4.69) is 0 Å². The van der Waals surface area contributed by atoms with Crippen LogP contribution in [0.15, 0.2) is 42.5 Å². The average molecular weight is 400 g/mol. The number of benzene rings is 2. The molecule has 2 aromatic rings. The fourth-order valence-electron chi connectivity index (χ4n) is 3.39. The molecule has 2 aromatic carbocycles. The number of hydrogen-bond acceptors (Lipinski definition) is 1. The van der Waals surface area contributed by atoms with Crippen molar-refractivity contribution in [2.75, 3.05) is 6.61 Å². The standard InChI is InChI=1S/C21H18F6O/c22-17-9-12(10-18(23)20(17)25)1-7-16-8-6-15(11-28-16)13-2-4-14(5-3-13)19(24)21(26)27/h2-5,9-10,15-16H,1,6-8,11H2. The highest BCUT2D eigenvalue weighted by atomic mass is 19.3. The highest BCUT2D eigenvalue weighted by Gasteiger charge is 2.23. The highest BCUT2D eigenvalue weighted by molar-refractivity contribution is 5.59. The molecule has 0 bridgehead atoms. The Labute approximate surface area is 158 Å². The maximum Gasteiger partial charge on any atom is 0.306 e. The van der Waals surface area contributed by atoms with Crippen molar-refractivity contribution in [3.05, 3.63) is 76.6 Å². The minimum Gasteiger partial charge on any atom is -0.378 e. The van der Waals surface area contributed by atoms with Gasteiger partial charge in [-0.25, -0.2) is 17.6 Å². The van der Waals surface area contributed by atoms with E-state index in [0.717, 1.165) is 24.1 Å². The first-order valence-electron chi connectivity index (χ1n) is 8.91. The molecule has 0 saturated carbocycles. The Kier molecular flexibility index (Phi) is 6.44. The van der Waals surface area contributed by atoms with Crippen LogP contribution in [0.1, 0.15) is 41.9 Å². The minimum absolute atomic E-state index is 0.0632. The molecule has 150 valence electrons. The zero-order valence-corrected chi connectivity index (χ0v) is 14.8. The average Bonchev–Trinajstić information content (AvgIpc) is 2.70. The third kappa shape index (κ3) is 4.76. The van der Waals surface area contributed by atoms with Crippen molar-refractivity contribution in [3.8, 4) is 0 Å². The third-order valence-corrected chi connectivity index (χ3v) is 4.97. The van der Waals surface area contributed by atoms with Gasteiger partial charge in [-0.2, -0.15) is 8.78 Å². The SMILES string of the molecule is FC(F)=C(F)c1ccc(C2CCC(CCc3cc(F)c(F)c(F)c3)OC2)cc1. The summed E-state index contributed by atoms with van der Waals surface area (Å²) >= 11 is 0. The van der Waals surface area contributed by atoms with Crippen molar-refractivity contribution in [2.45, 2.75) is 37.7 Å². The second-order valence-corrected chi connectivity index (χ2v) is 6.84. The van der Waals surface area contributed by atoms with Crippen LogP contribution in [-0.2, 0) is 11.2 Å². The lowest BCUT2D eigenvalue weighted by molar-refractivity contribution is -0.000579. The fraction of sp³-hybridized carbons (Fsp3) is 0.333. The lowest BCUT2D eigenvalue weighted by atomic mass is 9.89. The minimum atomic E-state index is -2.35. The van der Waals surface area contributed by atoms with Gasteiger partial charge in [-0.05, 0) is 48.9 Å². The van der Waals surface area contributed by atoms with E-state index in [1.807, 2.05) is 0 Å². The Morgan fingerprint density at radius 2 is 1.57 bits per heavy atom. The molecule has 3 rings (SSSR count). The molecule has 7 heteroatoms. The van der Waals surface area contributed by atoms with Crippen LogP contribution in [0.5, 0.6) is 0 Å². The molecule has 0 radical (unpaired) electrons. The summed E-state index contributed by atoms with van der Waals surface area (Å²) in [5.74, 6) is -5.35. The molecule has 28 heavy (non-hydrogen) atoms. The van der Waals surface area contributed by atoms with Gasteiger partial charge in [0.25, 0.3) is 0 Å². The molecule has 1 fully saturated rings. The summed E-state index contributed by atoms with van der Waals surface area (Å²) in [6.45, 7) is 0.409. The van der Waals surface area contributed by atoms with Gasteiger partial charge in [0.05, 0.1) is 12.7 Å². The molecular weight excluding hydrogens is 382 g/mol. The second-order valence-electron chi connectivity index (χ2n) is 6.84. The van der Waals surface area contributed by atoms with Crippen LogP contribution in [0.2, 0.25) is 0 Å². The van der Waals surface area contributed by atoms with E-state index in [0.29, 0.717) is 31.4 Å². The monoisotopic (exact) mass is 400 g/mol. The Morgan fingerprint density at radius 3 is 2.11 bits per heavy atom. The van der Waals surface area contributed by atoms with Gasteiger partial charge in [0.15, 0.2) is 23.3 Å². The van der Waals surface area contributed by atoms with E-state index in [1.54, 1.807) is 12.1 Å². The Bertz CT molecular complexity index is 827. The van der Waals surface area contributed by atoms with Crippen molar-refractivity contribution in [1.82, 2.24) is 0 Å². The summed E-state index contributed by atoms with van der Waals surface area (Å²) in [5.41, 5.74) is 1.07. The molecule has 2 unspecified atom stereocenters. The highest BCUT2D eigenvalue weighted by Crippen LogP contribution is 2.31. The topological polar surface area (TPSA) is 9.23 Å². The molecule has 0 aromatic heterocycles. The van der Waals surface area contributed by atoms with E-state index >= 15 is 0 Å². The van der Waals surface area contributed by atoms with Crippen LogP contribution in [-0.4, -0.2) is 12.7 Å². The smallest absolute Gasteiger partial charge is 0.306 e. The van der Waals surface area contributed by atoms with Gasteiger partial charge in [-0.3, -0.25) is 0 Å². The summed E-state index contributed by atoms with van der Waals surface area (Å²) in [4.78, 5) is 0. The van der Waals surface area contributed by atoms with Gasteiger partial charge in [0, 0.05) is 11.5 Å². The Hall–Kier alpha value is -2.28. The van der Waals surface area contributed by atoms with Crippen LogP contribution in [0.4, 0.5) is 26.3 Å². The fourth-order valence-corrected chi connectivity index (χ4v) is 3.39. The predicted octanol–water partition coefficient (Wildman–Crippen LogP) is 6.53. The first-order chi connectivity index (χ1) is 13.3. The van der Waals surface area contributed by atoms with Crippen LogP contribution in [0, 0.1) is 17.5 Å². The van der Waals surface area contributed by atoms with Crippen LogP contribution >= 0.6 is 0 Å². The second kappa shape index (κ2) is 8.82. The van der Waals surface area contributed by atoms with Gasteiger partial charge >= 0.3 is 6.08 Å². The first-order valence-corrected chi connectivity index (χ1v) is 8.91. The van der Waals surface area contributed by atoms with Crippen molar-refractivity contribution >= 4 is 5.83 Å². The molecule has 0 aliphatic carbocycles. The van der Waals surface area contributed by atoms with Crippen molar-refractivity contribution in [1.29, 1.82) is 0 Å². The number of rotatable bonds is 5. The van der Waals surface area contributed by atoms with Crippen LogP contribution in [0.3, 0.4) is 0 Å². The van der Waals surface area contributed by atoms with Gasteiger partial charge in [-0.1, -0.05) is 24.3 Å². The van der Waals surface area contributed by atoms with Crippen LogP contribution < -0.4 is 0 Å². The molecule has 1 aliphatic heterocycles. The number of ether oxygens (including phenoxy) is 1. The first kappa shape index (κ1) is 20.5.